The van der Waals surface area contributed by atoms with Gasteiger partial charge >= 0.3 is 0 Å². The quantitative estimate of drug-likeness (QED) is 0.306. The first kappa shape index (κ1) is 26.6. The lowest BCUT2D eigenvalue weighted by Crippen LogP contribution is -2.27. The molecule has 8 heteroatoms. The summed E-state index contributed by atoms with van der Waals surface area (Å²) in [4.78, 5) is 35.2. The lowest BCUT2D eigenvalue weighted by molar-refractivity contribution is -0.124. The predicted molar refractivity (Wildman–Crippen MR) is 121 cm³/mol. The molecule has 1 rings (SSSR count). The van der Waals surface area contributed by atoms with E-state index in [4.69, 9.17) is 9.47 Å². The Bertz CT molecular complexity index is 649. The van der Waals surface area contributed by atoms with E-state index in [9.17, 15) is 14.4 Å². The fourth-order valence-electron chi connectivity index (χ4n) is 2.65. The zero-order valence-electron chi connectivity index (χ0n) is 18.8. The molecule has 2 amide bonds. The van der Waals surface area contributed by atoms with E-state index in [1.807, 2.05) is 19.1 Å². The van der Waals surface area contributed by atoms with Crippen LogP contribution in [0.1, 0.15) is 56.3 Å². The Balaban J connectivity index is 2.00. The van der Waals surface area contributed by atoms with Gasteiger partial charge in [-0.15, -0.1) is 0 Å². The van der Waals surface area contributed by atoms with Gasteiger partial charge in [0.1, 0.15) is 6.61 Å². The Hall–Kier alpha value is -2.45. The summed E-state index contributed by atoms with van der Waals surface area (Å²) in [6.07, 6.45) is 3.31. The van der Waals surface area contributed by atoms with Gasteiger partial charge in [0.05, 0.1) is 19.8 Å². The van der Waals surface area contributed by atoms with E-state index in [1.54, 1.807) is 12.1 Å². The maximum absolute atomic E-state index is 12.1. The van der Waals surface area contributed by atoms with E-state index in [2.05, 4.69) is 22.9 Å². The van der Waals surface area contributed by atoms with Crippen molar-refractivity contribution in [2.24, 2.45) is 0 Å². The maximum atomic E-state index is 12.1. The van der Waals surface area contributed by atoms with Crippen LogP contribution in [-0.4, -0.2) is 63.7 Å². The topological polar surface area (TPSA) is 106 Å². The minimum atomic E-state index is -0.145. The van der Waals surface area contributed by atoms with E-state index in [-0.39, 0.29) is 24.2 Å². The van der Waals surface area contributed by atoms with Crippen molar-refractivity contribution in [3.63, 3.8) is 0 Å². The molecule has 0 radical (unpaired) electrons. The van der Waals surface area contributed by atoms with Gasteiger partial charge in [-0.1, -0.05) is 13.8 Å². The Kier molecular flexibility index (Phi) is 14.8. The number of carbonyl (C=O) groups excluding carboxylic acids is 3. The average molecular weight is 436 g/mol. The molecule has 0 bridgehead atoms. The largest absolute Gasteiger partial charge is 0.385 e. The number of anilines is 1. The molecular formula is C23H37N3O5. The monoisotopic (exact) mass is 435 g/mol. The van der Waals surface area contributed by atoms with E-state index >= 15 is 0 Å². The summed E-state index contributed by atoms with van der Waals surface area (Å²) in [7, 11) is 0. The Morgan fingerprint density at radius 2 is 1.55 bits per heavy atom. The number of amides is 2. The highest BCUT2D eigenvalue weighted by atomic mass is 16.5. The molecule has 0 unspecified atom stereocenters. The van der Waals surface area contributed by atoms with E-state index in [0.29, 0.717) is 57.7 Å². The number of rotatable bonds is 18. The molecule has 3 N–H and O–H groups in total. The normalized spacial score (nSPS) is 10.5. The predicted octanol–water partition coefficient (Wildman–Crippen LogP) is 2.54. The number of carbonyl (C=O) groups is 3. The first-order valence-corrected chi connectivity index (χ1v) is 11.1. The average Bonchev–Trinajstić information content (AvgIpc) is 2.77. The van der Waals surface area contributed by atoms with Gasteiger partial charge < -0.3 is 25.4 Å². The first-order valence-electron chi connectivity index (χ1n) is 11.1. The fraction of sp³-hybridized carbons (Fsp3) is 0.609. The van der Waals surface area contributed by atoms with Crippen LogP contribution in [-0.2, 0) is 19.1 Å². The number of nitrogens with one attached hydrogen (secondary N) is 3. The van der Waals surface area contributed by atoms with Crippen LogP contribution in [0.15, 0.2) is 24.3 Å². The van der Waals surface area contributed by atoms with Crippen molar-refractivity contribution < 1.29 is 23.9 Å². The third kappa shape index (κ3) is 13.5. The van der Waals surface area contributed by atoms with E-state index < -0.39 is 0 Å². The van der Waals surface area contributed by atoms with Crippen molar-refractivity contribution in [3.05, 3.63) is 29.8 Å². The highest BCUT2D eigenvalue weighted by Gasteiger charge is 2.06. The van der Waals surface area contributed by atoms with Crippen molar-refractivity contribution in [3.8, 4) is 0 Å². The number of ketones is 1. The minimum absolute atomic E-state index is 0.00701. The van der Waals surface area contributed by atoms with Crippen molar-refractivity contribution in [1.29, 1.82) is 0 Å². The van der Waals surface area contributed by atoms with Crippen molar-refractivity contribution >= 4 is 23.3 Å². The van der Waals surface area contributed by atoms with Crippen molar-refractivity contribution in [2.45, 2.75) is 46.0 Å². The van der Waals surface area contributed by atoms with E-state index in [1.165, 1.54) is 0 Å². The number of hydrogen-bond acceptors (Lipinski definition) is 6. The van der Waals surface area contributed by atoms with Gasteiger partial charge in [-0.3, -0.25) is 14.4 Å². The van der Waals surface area contributed by atoms with Crippen LogP contribution in [0.2, 0.25) is 0 Å². The molecule has 0 aliphatic rings. The molecule has 0 aliphatic heterocycles. The number of ether oxygens (including phenoxy) is 2. The summed E-state index contributed by atoms with van der Waals surface area (Å²) in [6, 6.07) is 7.34. The zero-order chi connectivity index (χ0) is 22.7. The number of Topliss-reactive ketones (excluding diaryl/α,β-unsaturated/α-hetero) is 1. The van der Waals surface area contributed by atoms with Crippen LogP contribution < -0.4 is 16.0 Å². The van der Waals surface area contributed by atoms with Gasteiger partial charge in [0.25, 0.3) is 5.91 Å². The first-order chi connectivity index (χ1) is 15.1. The molecule has 0 heterocycles. The van der Waals surface area contributed by atoms with Crippen LogP contribution in [0.25, 0.3) is 0 Å². The van der Waals surface area contributed by atoms with Crippen LogP contribution in [0.3, 0.4) is 0 Å². The molecule has 0 atom stereocenters. The molecule has 8 nitrogen and oxygen atoms in total. The summed E-state index contributed by atoms with van der Waals surface area (Å²) < 4.78 is 10.6. The molecule has 0 spiro atoms. The van der Waals surface area contributed by atoms with Gasteiger partial charge in [0.2, 0.25) is 5.91 Å². The second-order valence-corrected chi connectivity index (χ2v) is 7.17. The molecule has 1 aromatic rings. The summed E-state index contributed by atoms with van der Waals surface area (Å²) in [5.41, 5.74) is 1.59. The Morgan fingerprint density at radius 3 is 2.26 bits per heavy atom. The highest BCUT2D eigenvalue weighted by molar-refractivity contribution is 5.94. The second kappa shape index (κ2) is 17.3. The summed E-state index contributed by atoms with van der Waals surface area (Å²) >= 11 is 0. The van der Waals surface area contributed by atoms with Gasteiger partial charge in [-0.2, -0.15) is 0 Å². The van der Waals surface area contributed by atoms with Gasteiger partial charge in [0, 0.05) is 43.7 Å². The van der Waals surface area contributed by atoms with Crippen LogP contribution in [0.4, 0.5) is 5.69 Å². The third-order valence-corrected chi connectivity index (χ3v) is 4.32. The second-order valence-electron chi connectivity index (χ2n) is 7.17. The molecule has 0 saturated heterocycles. The Labute approximate surface area is 185 Å². The summed E-state index contributed by atoms with van der Waals surface area (Å²) in [5.74, 6) is -0.122. The van der Waals surface area contributed by atoms with Gasteiger partial charge in [0.15, 0.2) is 5.78 Å². The smallest absolute Gasteiger partial charge is 0.251 e. The van der Waals surface area contributed by atoms with Crippen LogP contribution in [0, 0.1) is 0 Å². The SMILES string of the molecule is CCCNc1ccc(C(=O)NCCCC(=O)COCCOCCNC(=O)CCC)cc1. The summed E-state index contributed by atoms with van der Waals surface area (Å²) in [6.45, 7) is 7.03. The van der Waals surface area contributed by atoms with Gasteiger partial charge in [-0.05, 0) is 43.5 Å². The lowest BCUT2D eigenvalue weighted by Gasteiger charge is -2.08. The minimum Gasteiger partial charge on any atom is -0.385 e. The molecule has 174 valence electrons. The molecule has 31 heavy (non-hydrogen) atoms. The molecular weight excluding hydrogens is 398 g/mol. The van der Waals surface area contributed by atoms with Crippen LogP contribution >= 0.6 is 0 Å². The van der Waals surface area contributed by atoms with Crippen LogP contribution in [0.5, 0.6) is 0 Å². The molecule has 0 aromatic heterocycles. The maximum Gasteiger partial charge on any atom is 0.251 e. The lowest BCUT2D eigenvalue weighted by atomic mass is 10.2. The third-order valence-electron chi connectivity index (χ3n) is 4.32. The Morgan fingerprint density at radius 1 is 0.806 bits per heavy atom. The number of benzene rings is 1. The van der Waals surface area contributed by atoms with Gasteiger partial charge in [-0.25, -0.2) is 0 Å². The molecule has 1 aromatic carbocycles. The highest BCUT2D eigenvalue weighted by Crippen LogP contribution is 2.09. The fourth-order valence-corrected chi connectivity index (χ4v) is 2.65. The standard InChI is InChI=1S/C23H37N3O5/c1-3-6-22(28)25-14-15-30-16-17-31-18-21(27)7-5-13-26-23(29)19-8-10-20(11-9-19)24-12-4-2/h8-11,24H,3-7,12-18H2,1-2H3,(H,25,28)(H,26,29). The van der Waals surface area contributed by atoms with Crippen molar-refractivity contribution in [1.82, 2.24) is 10.6 Å². The van der Waals surface area contributed by atoms with Crippen molar-refractivity contribution in [2.75, 3.05) is 51.4 Å². The summed E-state index contributed by atoms with van der Waals surface area (Å²) in [5, 5.41) is 8.85. The molecule has 0 aliphatic carbocycles. The molecule has 0 saturated carbocycles. The number of hydrogen-bond donors (Lipinski definition) is 3. The zero-order valence-corrected chi connectivity index (χ0v) is 18.8. The molecule has 0 fully saturated rings. The van der Waals surface area contributed by atoms with E-state index in [0.717, 1.165) is 25.1 Å².